The Morgan fingerprint density at radius 3 is 2.34 bits per heavy atom. The fourth-order valence-electron chi connectivity index (χ4n) is 3.44. The number of ether oxygens (including phenoxy) is 1. The summed E-state index contributed by atoms with van der Waals surface area (Å²) in [5.74, 6) is 0.0993. The number of hydrogen-bond donors (Lipinski definition) is 2. The van der Waals surface area contributed by atoms with Gasteiger partial charge in [-0.25, -0.2) is 4.79 Å². The van der Waals surface area contributed by atoms with Crippen LogP contribution in [0.2, 0.25) is 10.0 Å². The van der Waals surface area contributed by atoms with Crippen LogP contribution in [0.15, 0.2) is 48.5 Å². The Morgan fingerprint density at radius 2 is 1.75 bits per heavy atom. The van der Waals surface area contributed by atoms with E-state index in [1.807, 2.05) is 31.2 Å². The van der Waals surface area contributed by atoms with E-state index in [4.69, 9.17) is 27.9 Å². The largest absolute Gasteiger partial charge is 0.395 e. The first-order chi connectivity index (χ1) is 15.2. The van der Waals surface area contributed by atoms with Crippen LogP contribution in [-0.4, -0.2) is 66.9 Å². The van der Waals surface area contributed by atoms with Crippen LogP contribution < -0.4 is 5.32 Å². The van der Waals surface area contributed by atoms with Gasteiger partial charge in [-0.2, -0.15) is 0 Å². The van der Waals surface area contributed by atoms with Crippen molar-refractivity contribution in [2.75, 3.05) is 39.2 Å². The first-order valence-electron chi connectivity index (χ1n) is 10.6. The van der Waals surface area contributed by atoms with Crippen molar-refractivity contribution in [2.45, 2.75) is 32.5 Å². The molecular weight excluding hydrogens is 449 g/mol. The molecule has 0 radical (unpaired) electrons. The van der Waals surface area contributed by atoms with E-state index in [9.17, 15) is 9.90 Å². The Kier molecular flexibility index (Phi) is 10.7. The number of benzene rings is 2. The smallest absolute Gasteiger partial charge is 0.321 e. The van der Waals surface area contributed by atoms with Crippen molar-refractivity contribution in [2.24, 2.45) is 5.92 Å². The molecule has 176 valence electrons. The number of anilines is 1. The summed E-state index contributed by atoms with van der Waals surface area (Å²) in [7, 11) is 3.39. The van der Waals surface area contributed by atoms with Crippen LogP contribution in [0.5, 0.6) is 0 Å². The van der Waals surface area contributed by atoms with Crippen molar-refractivity contribution < 1.29 is 14.6 Å². The fourth-order valence-corrected chi connectivity index (χ4v) is 3.76. The average Bonchev–Trinajstić information content (AvgIpc) is 2.78. The molecule has 0 heterocycles. The predicted molar refractivity (Wildman–Crippen MR) is 131 cm³/mol. The summed E-state index contributed by atoms with van der Waals surface area (Å²) in [5, 5.41) is 13.9. The van der Waals surface area contributed by atoms with E-state index in [0.29, 0.717) is 35.4 Å². The zero-order valence-electron chi connectivity index (χ0n) is 19.1. The van der Waals surface area contributed by atoms with Gasteiger partial charge >= 0.3 is 6.03 Å². The zero-order valence-corrected chi connectivity index (χ0v) is 20.6. The summed E-state index contributed by atoms with van der Waals surface area (Å²) in [5.41, 5.74) is 1.69. The first-order valence-corrected chi connectivity index (χ1v) is 11.4. The number of likely N-dealkylation sites (N-methyl/N-ethyl adjacent to an activating group) is 1. The summed E-state index contributed by atoms with van der Waals surface area (Å²) in [6, 6.07) is 14.4. The number of methoxy groups -OCH3 is 1. The number of hydrogen-bond acceptors (Lipinski definition) is 4. The molecular formula is C24H33Cl2N3O3. The lowest BCUT2D eigenvalue weighted by Crippen LogP contribution is -2.45. The van der Waals surface area contributed by atoms with Crippen molar-refractivity contribution in [1.82, 2.24) is 9.80 Å². The molecule has 8 heteroatoms. The molecule has 0 fully saturated rings. The highest BCUT2D eigenvalue weighted by atomic mass is 35.5. The van der Waals surface area contributed by atoms with Crippen LogP contribution in [0, 0.1) is 5.92 Å². The highest BCUT2D eigenvalue weighted by Gasteiger charge is 2.25. The number of carbonyl (C=O) groups excluding carboxylic acids is 1. The Labute approximate surface area is 201 Å². The van der Waals surface area contributed by atoms with Gasteiger partial charge in [0.15, 0.2) is 0 Å². The van der Waals surface area contributed by atoms with E-state index in [2.05, 4.69) is 17.1 Å². The van der Waals surface area contributed by atoms with Crippen LogP contribution in [0.3, 0.4) is 0 Å². The second-order valence-electron chi connectivity index (χ2n) is 8.12. The van der Waals surface area contributed by atoms with E-state index in [1.165, 1.54) is 0 Å². The van der Waals surface area contributed by atoms with Gasteiger partial charge in [0.1, 0.15) is 0 Å². The molecule has 2 rings (SSSR count). The van der Waals surface area contributed by atoms with Crippen LogP contribution in [0.4, 0.5) is 10.5 Å². The van der Waals surface area contributed by atoms with Crippen LogP contribution in [0.1, 0.15) is 19.4 Å². The maximum absolute atomic E-state index is 12.6. The Hall–Kier alpha value is -1.83. The van der Waals surface area contributed by atoms with Crippen molar-refractivity contribution in [3.05, 3.63) is 64.1 Å². The van der Waals surface area contributed by atoms with E-state index < -0.39 is 0 Å². The number of nitrogens with zero attached hydrogens (tertiary/aromatic N) is 2. The Balaban J connectivity index is 2.00. The van der Waals surface area contributed by atoms with Gasteiger partial charge in [-0.3, -0.25) is 4.90 Å². The topological polar surface area (TPSA) is 65.0 Å². The summed E-state index contributed by atoms with van der Waals surface area (Å²) in [4.78, 5) is 16.4. The van der Waals surface area contributed by atoms with E-state index in [0.717, 1.165) is 5.56 Å². The third-order valence-corrected chi connectivity index (χ3v) is 6.20. The highest BCUT2D eigenvalue weighted by molar-refractivity contribution is 6.31. The molecule has 0 bridgehead atoms. The molecule has 2 aromatic rings. The first kappa shape index (κ1) is 26.4. The molecule has 0 saturated heterocycles. The molecule has 2 N–H and O–H groups in total. The number of nitrogens with one attached hydrogen (secondary N) is 1. The number of urea groups is 1. The second kappa shape index (κ2) is 13.0. The van der Waals surface area contributed by atoms with Crippen LogP contribution >= 0.6 is 23.2 Å². The third kappa shape index (κ3) is 7.94. The third-order valence-electron chi connectivity index (χ3n) is 5.57. The molecule has 2 aromatic carbocycles. The van der Waals surface area contributed by atoms with Gasteiger partial charge < -0.3 is 20.1 Å². The molecule has 0 aliphatic carbocycles. The summed E-state index contributed by atoms with van der Waals surface area (Å²) in [6.45, 7) is 5.83. The molecule has 3 atom stereocenters. The number of carbonyl (C=O) groups is 1. The average molecular weight is 482 g/mol. The number of aliphatic hydroxyl groups is 1. The number of amides is 2. The Morgan fingerprint density at radius 1 is 1.09 bits per heavy atom. The lowest BCUT2D eigenvalue weighted by atomic mass is 10.0. The van der Waals surface area contributed by atoms with E-state index >= 15 is 0 Å². The van der Waals surface area contributed by atoms with Crippen molar-refractivity contribution in [1.29, 1.82) is 0 Å². The minimum absolute atomic E-state index is 0.0399. The van der Waals surface area contributed by atoms with Crippen molar-refractivity contribution in [3.8, 4) is 0 Å². The Bertz CT molecular complexity index is 851. The van der Waals surface area contributed by atoms with Gasteiger partial charge in [0, 0.05) is 55.6 Å². The molecule has 0 aliphatic rings. The minimum atomic E-state index is -0.224. The van der Waals surface area contributed by atoms with Gasteiger partial charge in [0.25, 0.3) is 0 Å². The van der Waals surface area contributed by atoms with Gasteiger partial charge in [0.2, 0.25) is 0 Å². The molecule has 0 aliphatic heterocycles. The lowest BCUT2D eigenvalue weighted by molar-refractivity contribution is 0.0154. The number of halogens is 2. The SMILES string of the molecule is CO[C@H](CN(C)C(=O)Nc1ccc(Cl)cc1)[C@H](C)CN(Cc1ccccc1Cl)[C@@H](C)CO. The van der Waals surface area contributed by atoms with E-state index in [-0.39, 0.29) is 30.7 Å². The molecule has 0 saturated carbocycles. The molecule has 0 aromatic heterocycles. The lowest BCUT2D eigenvalue weighted by Gasteiger charge is -2.34. The van der Waals surface area contributed by atoms with Gasteiger partial charge in [-0.05, 0) is 48.7 Å². The maximum atomic E-state index is 12.6. The maximum Gasteiger partial charge on any atom is 0.321 e. The predicted octanol–water partition coefficient (Wildman–Crippen LogP) is 4.99. The van der Waals surface area contributed by atoms with Crippen LogP contribution in [-0.2, 0) is 11.3 Å². The number of rotatable bonds is 11. The van der Waals surface area contributed by atoms with Gasteiger partial charge in [-0.1, -0.05) is 48.3 Å². The molecule has 0 unspecified atom stereocenters. The second-order valence-corrected chi connectivity index (χ2v) is 8.97. The fraction of sp³-hybridized carbons (Fsp3) is 0.458. The van der Waals surface area contributed by atoms with Gasteiger partial charge in [-0.15, -0.1) is 0 Å². The van der Waals surface area contributed by atoms with E-state index in [1.54, 1.807) is 43.3 Å². The molecule has 2 amide bonds. The van der Waals surface area contributed by atoms with Crippen molar-refractivity contribution >= 4 is 34.9 Å². The summed E-state index contributed by atoms with van der Waals surface area (Å²) in [6.07, 6.45) is -0.185. The standard InChI is InChI=1S/C24H33Cl2N3O3/c1-17(13-29(18(2)16-30)14-19-7-5-6-8-22(19)26)23(32-4)15-28(3)24(31)27-21-11-9-20(25)10-12-21/h5-12,17-18,23,30H,13-16H2,1-4H3,(H,27,31)/t17-,18+,23-/m1/s1. The summed E-state index contributed by atoms with van der Waals surface area (Å²) >= 11 is 12.2. The minimum Gasteiger partial charge on any atom is -0.395 e. The number of aliphatic hydroxyl groups excluding tert-OH is 1. The molecule has 32 heavy (non-hydrogen) atoms. The highest BCUT2D eigenvalue weighted by Crippen LogP contribution is 2.21. The zero-order chi connectivity index (χ0) is 23.7. The normalized spacial score (nSPS) is 14.1. The summed E-state index contributed by atoms with van der Waals surface area (Å²) < 4.78 is 5.73. The molecule has 6 nitrogen and oxygen atoms in total. The monoisotopic (exact) mass is 481 g/mol. The van der Waals surface area contributed by atoms with Crippen molar-refractivity contribution in [3.63, 3.8) is 0 Å². The quantitative estimate of drug-likeness (QED) is 0.474. The van der Waals surface area contributed by atoms with Gasteiger partial charge in [0.05, 0.1) is 12.7 Å². The van der Waals surface area contributed by atoms with Crippen LogP contribution in [0.25, 0.3) is 0 Å². The molecule has 0 spiro atoms.